The van der Waals surface area contributed by atoms with Crippen LogP contribution >= 0.6 is 0 Å². The summed E-state index contributed by atoms with van der Waals surface area (Å²) in [5.41, 5.74) is 22.1. The van der Waals surface area contributed by atoms with Crippen LogP contribution in [0.3, 0.4) is 0 Å². The van der Waals surface area contributed by atoms with Crippen LogP contribution in [0.4, 0.5) is 0 Å². The maximum Gasteiger partial charge on any atom is 0.336 e. The number of nitrogens with two attached hydrogens (primary N) is 4. The first-order valence-corrected chi connectivity index (χ1v) is 9.86. The molecule has 0 heterocycles. The Balaban J connectivity index is 4.55. The van der Waals surface area contributed by atoms with Crippen molar-refractivity contribution in [1.82, 2.24) is 5.32 Å². The first-order chi connectivity index (χ1) is 13.0. The maximum atomic E-state index is 12.3. The van der Waals surface area contributed by atoms with Gasteiger partial charge in [-0.15, -0.1) is 0 Å². The third-order valence-electron chi connectivity index (χ3n) is 4.15. The topological polar surface area (TPSA) is 177 Å². The molecule has 0 bridgehead atoms. The first kappa shape index (κ1) is 25.4. The average Bonchev–Trinajstić information content (AvgIpc) is 2.64. The molecule has 0 rings (SSSR count). The van der Waals surface area contributed by atoms with Crippen molar-refractivity contribution < 1.29 is 19.1 Å². The molecule has 1 amide bonds. The minimum atomic E-state index is -0.905. The summed E-state index contributed by atoms with van der Waals surface area (Å²) in [6, 6.07) is -1.63. The average molecular weight is 388 g/mol. The number of rotatable bonds is 16. The quantitative estimate of drug-likeness (QED) is 0.135. The highest BCUT2D eigenvalue weighted by molar-refractivity contribution is 5.92. The van der Waals surface area contributed by atoms with Crippen LogP contribution in [-0.4, -0.2) is 49.6 Å². The van der Waals surface area contributed by atoms with E-state index in [-0.39, 0.29) is 6.42 Å². The lowest BCUT2D eigenvalue weighted by Gasteiger charge is -2.19. The summed E-state index contributed by atoms with van der Waals surface area (Å²) in [5.74, 6) is -1.78. The second-order valence-corrected chi connectivity index (χ2v) is 6.63. The second-order valence-electron chi connectivity index (χ2n) is 6.63. The fraction of sp³-hybridized carbons (Fsp3) is 0.833. The van der Waals surface area contributed by atoms with Gasteiger partial charge in [0.1, 0.15) is 6.04 Å². The molecule has 0 saturated heterocycles. The van der Waals surface area contributed by atoms with Crippen LogP contribution in [0.15, 0.2) is 0 Å². The Bertz CT molecular complexity index is 434. The highest BCUT2D eigenvalue weighted by atomic mass is 16.6. The van der Waals surface area contributed by atoms with Crippen molar-refractivity contribution in [2.75, 3.05) is 19.6 Å². The van der Waals surface area contributed by atoms with Crippen LogP contribution in [-0.2, 0) is 19.1 Å². The second kappa shape index (κ2) is 16.6. The fourth-order valence-corrected chi connectivity index (χ4v) is 2.48. The van der Waals surface area contributed by atoms with Crippen LogP contribution in [0.1, 0.15) is 64.2 Å². The van der Waals surface area contributed by atoms with E-state index in [0.29, 0.717) is 51.7 Å². The van der Waals surface area contributed by atoms with Gasteiger partial charge in [0.25, 0.3) is 0 Å². The van der Waals surface area contributed by atoms with Gasteiger partial charge < -0.3 is 33.0 Å². The van der Waals surface area contributed by atoms with Gasteiger partial charge in [0.05, 0.1) is 6.04 Å². The van der Waals surface area contributed by atoms with Crippen molar-refractivity contribution in [2.24, 2.45) is 22.9 Å². The van der Waals surface area contributed by atoms with Crippen LogP contribution in [0.2, 0.25) is 0 Å². The molecule has 0 spiro atoms. The normalized spacial score (nSPS) is 13.0. The molecule has 0 aromatic carbocycles. The molecule has 0 unspecified atom stereocenters. The molecule has 9 heteroatoms. The van der Waals surface area contributed by atoms with Gasteiger partial charge >= 0.3 is 11.9 Å². The van der Waals surface area contributed by atoms with Gasteiger partial charge in [-0.25, -0.2) is 4.79 Å². The van der Waals surface area contributed by atoms with Crippen molar-refractivity contribution in [3.05, 3.63) is 0 Å². The zero-order valence-corrected chi connectivity index (χ0v) is 16.3. The summed E-state index contributed by atoms with van der Waals surface area (Å²) < 4.78 is 4.89. The Labute approximate surface area is 161 Å². The van der Waals surface area contributed by atoms with Gasteiger partial charge in [0.15, 0.2) is 0 Å². The Morgan fingerprint density at radius 2 is 1.33 bits per heavy atom. The van der Waals surface area contributed by atoms with Gasteiger partial charge in [-0.05, 0) is 64.6 Å². The largest absolute Gasteiger partial charge is 0.392 e. The smallest absolute Gasteiger partial charge is 0.336 e. The van der Waals surface area contributed by atoms with Crippen LogP contribution < -0.4 is 28.3 Å². The lowest BCUT2D eigenvalue weighted by molar-refractivity contribution is -0.162. The lowest BCUT2D eigenvalue weighted by atomic mass is 10.1. The van der Waals surface area contributed by atoms with Crippen LogP contribution in [0.5, 0.6) is 0 Å². The number of carbonyl (C=O) groups excluding carboxylic acids is 3. The lowest BCUT2D eigenvalue weighted by Crippen LogP contribution is -2.49. The van der Waals surface area contributed by atoms with E-state index in [4.69, 9.17) is 27.7 Å². The van der Waals surface area contributed by atoms with Gasteiger partial charge in [0.2, 0.25) is 5.91 Å². The Hall–Kier alpha value is -1.55. The SMILES string of the molecule is NCCCCCC(=O)OC(=O)[C@H](CCCCN)NC(=O)[C@@H](N)CCCCN. The number of esters is 2. The molecule has 0 radical (unpaired) electrons. The molecule has 27 heavy (non-hydrogen) atoms. The molecule has 158 valence electrons. The standard InChI is InChI=1S/C18H37N5O4/c19-11-5-1-2-10-16(24)27-18(26)15(9-4-7-13-21)23-17(25)14(22)8-3-6-12-20/h14-15H,1-13,19-22H2,(H,23,25)/t14-,15-/m0/s1. The molecular formula is C18H37N5O4. The summed E-state index contributed by atoms with van der Waals surface area (Å²) in [5, 5.41) is 2.60. The van der Waals surface area contributed by atoms with Gasteiger partial charge in [0, 0.05) is 6.42 Å². The van der Waals surface area contributed by atoms with Crippen molar-refractivity contribution >= 4 is 17.8 Å². The van der Waals surface area contributed by atoms with Crippen molar-refractivity contribution in [3.63, 3.8) is 0 Å². The van der Waals surface area contributed by atoms with Crippen molar-refractivity contribution in [2.45, 2.75) is 76.3 Å². The molecule has 9 N–H and O–H groups in total. The van der Waals surface area contributed by atoms with Gasteiger partial charge in [-0.1, -0.05) is 12.8 Å². The van der Waals surface area contributed by atoms with Crippen molar-refractivity contribution in [3.8, 4) is 0 Å². The van der Waals surface area contributed by atoms with E-state index in [1.807, 2.05) is 0 Å². The minimum absolute atomic E-state index is 0.147. The maximum absolute atomic E-state index is 12.3. The summed E-state index contributed by atoms with van der Waals surface area (Å²) >= 11 is 0. The highest BCUT2D eigenvalue weighted by Gasteiger charge is 2.26. The third-order valence-corrected chi connectivity index (χ3v) is 4.15. The molecule has 0 aliphatic carbocycles. The molecule has 0 aromatic heterocycles. The predicted octanol–water partition coefficient (Wildman–Crippen LogP) is -0.355. The molecule has 0 aromatic rings. The van der Waals surface area contributed by atoms with E-state index in [1.165, 1.54) is 0 Å². The zero-order valence-electron chi connectivity index (χ0n) is 16.3. The number of amides is 1. The number of ether oxygens (including phenoxy) is 1. The van der Waals surface area contributed by atoms with E-state index in [2.05, 4.69) is 5.32 Å². The molecule has 0 saturated carbocycles. The van der Waals surface area contributed by atoms with Crippen LogP contribution in [0.25, 0.3) is 0 Å². The minimum Gasteiger partial charge on any atom is -0.392 e. The van der Waals surface area contributed by atoms with E-state index in [1.54, 1.807) is 0 Å². The monoisotopic (exact) mass is 387 g/mol. The Morgan fingerprint density at radius 3 is 1.93 bits per heavy atom. The summed E-state index contributed by atoms with van der Waals surface area (Å²) in [6.07, 6.45) is 6.04. The molecule has 0 aliphatic rings. The number of unbranched alkanes of at least 4 members (excludes halogenated alkanes) is 4. The molecular weight excluding hydrogens is 350 g/mol. The van der Waals surface area contributed by atoms with E-state index in [9.17, 15) is 14.4 Å². The Kier molecular flexibility index (Phi) is 15.7. The van der Waals surface area contributed by atoms with Crippen LogP contribution in [0, 0.1) is 0 Å². The Morgan fingerprint density at radius 1 is 0.778 bits per heavy atom. The molecule has 0 fully saturated rings. The molecule has 9 nitrogen and oxygen atoms in total. The van der Waals surface area contributed by atoms with E-state index >= 15 is 0 Å². The number of carbonyl (C=O) groups is 3. The number of nitrogens with one attached hydrogen (secondary N) is 1. The summed E-state index contributed by atoms with van der Waals surface area (Å²) in [7, 11) is 0. The summed E-state index contributed by atoms with van der Waals surface area (Å²) in [6.45, 7) is 1.58. The fourth-order valence-electron chi connectivity index (χ4n) is 2.48. The van der Waals surface area contributed by atoms with E-state index < -0.39 is 29.9 Å². The third kappa shape index (κ3) is 13.3. The number of hydrogen-bond donors (Lipinski definition) is 5. The zero-order chi connectivity index (χ0) is 20.5. The van der Waals surface area contributed by atoms with E-state index in [0.717, 1.165) is 25.7 Å². The predicted molar refractivity (Wildman–Crippen MR) is 104 cm³/mol. The first-order valence-electron chi connectivity index (χ1n) is 9.86. The molecule has 2 atom stereocenters. The van der Waals surface area contributed by atoms with Crippen molar-refractivity contribution in [1.29, 1.82) is 0 Å². The summed E-state index contributed by atoms with van der Waals surface area (Å²) in [4.78, 5) is 36.3. The van der Waals surface area contributed by atoms with Gasteiger partial charge in [-0.2, -0.15) is 0 Å². The highest BCUT2D eigenvalue weighted by Crippen LogP contribution is 2.07. The van der Waals surface area contributed by atoms with Gasteiger partial charge in [-0.3, -0.25) is 9.59 Å². The molecule has 0 aliphatic heterocycles. The number of hydrogen-bond acceptors (Lipinski definition) is 8.